The smallest absolute Gasteiger partial charge is 0.226 e. The van der Waals surface area contributed by atoms with Gasteiger partial charge in [-0.1, -0.05) is 19.0 Å². The van der Waals surface area contributed by atoms with Crippen molar-refractivity contribution < 1.29 is 4.52 Å². The van der Waals surface area contributed by atoms with E-state index in [2.05, 4.69) is 34.0 Å². The topological polar surface area (TPSA) is 67.9 Å². The summed E-state index contributed by atoms with van der Waals surface area (Å²) in [5, 5.41) is 3.96. The first-order valence-corrected chi connectivity index (χ1v) is 5.93. The average Bonchev–Trinajstić information content (AvgIpc) is 2.76. The van der Waals surface area contributed by atoms with E-state index in [1.165, 1.54) is 0 Å². The zero-order chi connectivity index (χ0) is 13.0. The normalized spacial score (nSPS) is 10.9. The molecule has 0 N–H and O–H groups in total. The van der Waals surface area contributed by atoms with Gasteiger partial charge in [0.15, 0.2) is 5.82 Å². The number of nitrogens with zero attached hydrogens (tertiary/aromatic N) is 5. The van der Waals surface area contributed by atoms with E-state index in [1.54, 1.807) is 18.6 Å². The zero-order valence-electron chi connectivity index (χ0n) is 10.9. The fourth-order valence-electron chi connectivity index (χ4n) is 1.57. The molecule has 0 radical (unpaired) electrons. The highest BCUT2D eigenvalue weighted by Crippen LogP contribution is 2.10. The Bertz CT molecular complexity index is 482. The highest BCUT2D eigenvalue weighted by atomic mass is 16.5. The Hall–Kier alpha value is -1.98. The van der Waals surface area contributed by atoms with Crippen molar-refractivity contribution in [2.75, 3.05) is 11.9 Å². The molecule has 18 heavy (non-hydrogen) atoms. The monoisotopic (exact) mass is 247 g/mol. The summed E-state index contributed by atoms with van der Waals surface area (Å²) in [6.45, 7) is 4.80. The number of hydrogen-bond acceptors (Lipinski definition) is 6. The standard InChI is InChI=1S/C12H17N5O/c1-9(2)6-12-15-10(16-18-12)8-17(3)11-7-13-4-5-14-11/h4-5,7,9H,6,8H2,1-3H3. The zero-order valence-corrected chi connectivity index (χ0v) is 10.9. The largest absolute Gasteiger partial charge is 0.351 e. The molecule has 96 valence electrons. The second-order valence-corrected chi connectivity index (χ2v) is 4.62. The van der Waals surface area contributed by atoms with Gasteiger partial charge in [0.05, 0.1) is 12.7 Å². The van der Waals surface area contributed by atoms with Crippen molar-refractivity contribution in [1.29, 1.82) is 0 Å². The van der Waals surface area contributed by atoms with Crippen LogP contribution in [-0.2, 0) is 13.0 Å². The lowest BCUT2D eigenvalue weighted by molar-refractivity contribution is 0.358. The molecule has 0 aliphatic rings. The van der Waals surface area contributed by atoms with Crippen molar-refractivity contribution in [2.24, 2.45) is 5.92 Å². The molecule has 0 aromatic carbocycles. The van der Waals surface area contributed by atoms with E-state index in [1.807, 2.05) is 11.9 Å². The van der Waals surface area contributed by atoms with Crippen molar-refractivity contribution >= 4 is 5.82 Å². The minimum Gasteiger partial charge on any atom is -0.351 e. The predicted octanol–water partition coefficient (Wildman–Crippen LogP) is 1.69. The molecule has 0 aliphatic heterocycles. The van der Waals surface area contributed by atoms with Crippen LogP contribution in [0.15, 0.2) is 23.1 Å². The number of aromatic nitrogens is 4. The van der Waals surface area contributed by atoms with Crippen LogP contribution in [0.3, 0.4) is 0 Å². The van der Waals surface area contributed by atoms with E-state index in [4.69, 9.17) is 4.52 Å². The SMILES string of the molecule is CC(C)Cc1nc(CN(C)c2cnccn2)no1. The lowest BCUT2D eigenvalue weighted by Gasteiger charge is -2.14. The Morgan fingerprint density at radius 3 is 2.83 bits per heavy atom. The van der Waals surface area contributed by atoms with Gasteiger partial charge >= 0.3 is 0 Å². The van der Waals surface area contributed by atoms with Gasteiger partial charge in [0.25, 0.3) is 0 Å². The van der Waals surface area contributed by atoms with Crippen LogP contribution in [0.1, 0.15) is 25.6 Å². The van der Waals surface area contributed by atoms with Gasteiger partial charge in [-0.25, -0.2) is 4.98 Å². The number of anilines is 1. The van der Waals surface area contributed by atoms with Gasteiger partial charge in [-0.3, -0.25) is 4.98 Å². The maximum absolute atomic E-state index is 5.19. The lowest BCUT2D eigenvalue weighted by atomic mass is 10.1. The molecule has 6 heteroatoms. The molecule has 0 saturated heterocycles. The van der Waals surface area contributed by atoms with E-state index in [-0.39, 0.29) is 0 Å². The second kappa shape index (κ2) is 5.57. The van der Waals surface area contributed by atoms with E-state index in [0.29, 0.717) is 24.2 Å². The number of hydrogen-bond donors (Lipinski definition) is 0. The third-order valence-electron chi connectivity index (χ3n) is 2.41. The Kier molecular flexibility index (Phi) is 3.86. The summed E-state index contributed by atoms with van der Waals surface area (Å²) in [5.74, 6) is 2.65. The van der Waals surface area contributed by atoms with E-state index >= 15 is 0 Å². The molecule has 2 aromatic rings. The Morgan fingerprint density at radius 2 is 2.17 bits per heavy atom. The lowest BCUT2D eigenvalue weighted by Crippen LogP contribution is -2.18. The van der Waals surface area contributed by atoms with Crippen molar-refractivity contribution in [2.45, 2.75) is 26.8 Å². The van der Waals surface area contributed by atoms with Gasteiger partial charge in [-0.05, 0) is 5.92 Å². The molecule has 0 spiro atoms. The van der Waals surface area contributed by atoms with Gasteiger partial charge in [-0.2, -0.15) is 4.98 Å². The average molecular weight is 247 g/mol. The summed E-state index contributed by atoms with van der Waals surface area (Å²) in [4.78, 5) is 14.5. The molecule has 0 unspecified atom stereocenters. The molecular weight excluding hydrogens is 230 g/mol. The molecule has 2 heterocycles. The first kappa shape index (κ1) is 12.5. The third-order valence-corrected chi connectivity index (χ3v) is 2.41. The second-order valence-electron chi connectivity index (χ2n) is 4.62. The first-order chi connectivity index (χ1) is 8.65. The van der Waals surface area contributed by atoms with Crippen LogP contribution in [0, 0.1) is 5.92 Å². The highest BCUT2D eigenvalue weighted by Gasteiger charge is 2.11. The summed E-state index contributed by atoms with van der Waals surface area (Å²) in [6, 6.07) is 0. The van der Waals surface area contributed by atoms with Crippen LogP contribution in [0.5, 0.6) is 0 Å². The third kappa shape index (κ3) is 3.26. The van der Waals surface area contributed by atoms with Crippen LogP contribution in [-0.4, -0.2) is 27.2 Å². The van der Waals surface area contributed by atoms with Crippen LogP contribution >= 0.6 is 0 Å². The molecule has 2 aromatic heterocycles. The summed E-state index contributed by atoms with van der Waals surface area (Å²) >= 11 is 0. The summed E-state index contributed by atoms with van der Waals surface area (Å²) in [6.07, 6.45) is 5.82. The van der Waals surface area contributed by atoms with E-state index < -0.39 is 0 Å². The highest BCUT2D eigenvalue weighted by molar-refractivity contribution is 5.33. The summed E-state index contributed by atoms with van der Waals surface area (Å²) in [5.41, 5.74) is 0. The minimum atomic E-state index is 0.510. The Balaban J connectivity index is 1.99. The molecule has 0 bridgehead atoms. The van der Waals surface area contributed by atoms with Crippen molar-refractivity contribution in [3.63, 3.8) is 0 Å². The van der Waals surface area contributed by atoms with Crippen LogP contribution < -0.4 is 4.90 Å². The summed E-state index contributed by atoms with van der Waals surface area (Å²) < 4.78 is 5.19. The summed E-state index contributed by atoms with van der Waals surface area (Å²) in [7, 11) is 1.92. The molecule has 0 saturated carbocycles. The Morgan fingerprint density at radius 1 is 1.33 bits per heavy atom. The quantitative estimate of drug-likeness (QED) is 0.801. The maximum Gasteiger partial charge on any atom is 0.226 e. The van der Waals surface area contributed by atoms with Crippen molar-refractivity contribution in [3.05, 3.63) is 30.3 Å². The molecule has 2 rings (SSSR count). The molecule has 0 fully saturated rings. The molecule has 0 aliphatic carbocycles. The van der Waals surface area contributed by atoms with Crippen molar-refractivity contribution in [3.8, 4) is 0 Å². The van der Waals surface area contributed by atoms with Gasteiger partial charge in [0.1, 0.15) is 5.82 Å². The van der Waals surface area contributed by atoms with Gasteiger partial charge in [0.2, 0.25) is 5.89 Å². The molecule has 6 nitrogen and oxygen atoms in total. The van der Waals surface area contributed by atoms with Gasteiger partial charge in [0, 0.05) is 25.9 Å². The molecule has 0 amide bonds. The molecular formula is C12H17N5O. The maximum atomic E-state index is 5.19. The fourth-order valence-corrected chi connectivity index (χ4v) is 1.57. The van der Waals surface area contributed by atoms with Gasteiger partial charge in [-0.15, -0.1) is 0 Å². The van der Waals surface area contributed by atoms with Crippen LogP contribution in [0.2, 0.25) is 0 Å². The number of rotatable bonds is 5. The van der Waals surface area contributed by atoms with Gasteiger partial charge < -0.3 is 9.42 Å². The van der Waals surface area contributed by atoms with Crippen LogP contribution in [0.25, 0.3) is 0 Å². The Labute approximate surface area is 106 Å². The predicted molar refractivity (Wildman–Crippen MR) is 67.0 cm³/mol. The van der Waals surface area contributed by atoms with E-state index in [9.17, 15) is 0 Å². The first-order valence-electron chi connectivity index (χ1n) is 5.93. The van der Waals surface area contributed by atoms with E-state index in [0.717, 1.165) is 12.2 Å². The minimum absolute atomic E-state index is 0.510. The van der Waals surface area contributed by atoms with Crippen molar-refractivity contribution in [1.82, 2.24) is 20.1 Å². The fraction of sp³-hybridized carbons (Fsp3) is 0.500. The molecule has 0 atom stereocenters. The van der Waals surface area contributed by atoms with Crippen LogP contribution in [0.4, 0.5) is 5.82 Å².